The molecule has 6 heterocycles. The Labute approximate surface area is 232 Å². The Hall–Kier alpha value is -4.98. The van der Waals surface area contributed by atoms with Crippen LogP contribution in [0.2, 0.25) is 0 Å². The number of nitrogens with zero attached hydrogens (tertiary/aromatic N) is 5. The third kappa shape index (κ3) is 4.68. The van der Waals surface area contributed by atoms with E-state index in [2.05, 4.69) is 67.3 Å². The van der Waals surface area contributed by atoms with Crippen molar-refractivity contribution in [2.45, 2.75) is 25.7 Å². The molecule has 0 amide bonds. The molecule has 1 aromatic carbocycles. The molecule has 7 rings (SSSR count). The topological polar surface area (TPSA) is 98.4 Å². The van der Waals surface area contributed by atoms with Crippen LogP contribution in [0.3, 0.4) is 0 Å². The van der Waals surface area contributed by atoms with Gasteiger partial charge in [-0.05, 0) is 49.1 Å². The molecule has 0 saturated carbocycles. The summed E-state index contributed by atoms with van der Waals surface area (Å²) in [7, 11) is 0. The molecule has 0 radical (unpaired) electrons. The lowest BCUT2D eigenvalue weighted by Gasteiger charge is -2.28. The summed E-state index contributed by atoms with van der Waals surface area (Å²) >= 11 is 0. The summed E-state index contributed by atoms with van der Waals surface area (Å²) < 4.78 is 0. The van der Waals surface area contributed by atoms with E-state index in [9.17, 15) is 0 Å². The van der Waals surface area contributed by atoms with Gasteiger partial charge in [0.1, 0.15) is 11.5 Å². The van der Waals surface area contributed by atoms with Gasteiger partial charge in [0.15, 0.2) is 0 Å². The standard InChI is InChI=1S/C32H30N8/c1-21(14-22-8-4-2-5-9-22)36-24-15-23(18-33-19-24)28-16-25-30(20-35-28)38-39-31(25)29-17-26-27(37-29)10-11-34-32(26)40-12-6-3-7-13-40/h2,4-5,8-11,15-20,36-37H,1,3,6-7,12-14H2,(H,38,39). The zero-order valence-corrected chi connectivity index (χ0v) is 22.2. The van der Waals surface area contributed by atoms with Gasteiger partial charge >= 0.3 is 0 Å². The molecule has 0 unspecified atom stereocenters. The van der Waals surface area contributed by atoms with Crippen LogP contribution in [0.4, 0.5) is 11.5 Å². The van der Waals surface area contributed by atoms with Gasteiger partial charge < -0.3 is 15.2 Å². The van der Waals surface area contributed by atoms with E-state index in [0.717, 1.165) is 81.2 Å². The van der Waals surface area contributed by atoms with E-state index in [1.165, 1.54) is 24.8 Å². The molecule has 198 valence electrons. The summed E-state index contributed by atoms with van der Waals surface area (Å²) in [6, 6.07) is 18.6. The van der Waals surface area contributed by atoms with Crippen LogP contribution in [0.1, 0.15) is 24.8 Å². The number of H-pyrrole nitrogens is 2. The number of pyridine rings is 3. The number of aromatic amines is 2. The quantitative estimate of drug-likeness (QED) is 0.214. The second kappa shape index (κ2) is 10.3. The average molecular weight is 527 g/mol. The second-order valence-electron chi connectivity index (χ2n) is 10.4. The Morgan fingerprint density at radius 3 is 2.65 bits per heavy atom. The zero-order valence-electron chi connectivity index (χ0n) is 22.2. The monoisotopic (exact) mass is 526 g/mol. The van der Waals surface area contributed by atoms with Gasteiger partial charge in [-0.15, -0.1) is 0 Å². The number of hydrogen-bond donors (Lipinski definition) is 3. The third-order valence-electron chi connectivity index (χ3n) is 7.50. The predicted octanol–water partition coefficient (Wildman–Crippen LogP) is 6.72. The molecule has 6 aromatic rings. The lowest BCUT2D eigenvalue weighted by molar-refractivity contribution is 0.575. The SMILES string of the molecule is C=C(Cc1ccccc1)Nc1cncc(-c2cc3c(-c4cc5c(N6CCCCC6)nccc5[nH]4)n[nH]c3cn2)c1. The molecule has 1 saturated heterocycles. The van der Waals surface area contributed by atoms with Crippen molar-refractivity contribution in [3.8, 4) is 22.6 Å². The number of benzene rings is 1. The molecular formula is C32H30N8. The fourth-order valence-electron chi connectivity index (χ4n) is 5.54. The summed E-state index contributed by atoms with van der Waals surface area (Å²) in [5.41, 5.74) is 8.49. The van der Waals surface area contributed by atoms with Gasteiger partial charge in [-0.1, -0.05) is 36.9 Å². The van der Waals surface area contributed by atoms with E-state index >= 15 is 0 Å². The van der Waals surface area contributed by atoms with E-state index in [-0.39, 0.29) is 0 Å². The molecule has 0 atom stereocenters. The van der Waals surface area contributed by atoms with Gasteiger partial charge in [-0.25, -0.2) is 4.98 Å². The number of nitrogens with one attached hydrogen (secondary N) is 3. The number of allylic oxidation sites excluding steroid dienone is 1. The molecule has 0 spiro atoms. The number of piperidine rings is 1. The fourth-order valence-corrected chi connectivity index (χ4v) is 5.54. The van der Waals surface area contributed by atoms with Crippen molar-refractivity contribution in [1.82, 2.24) is 30.1 Å². The smallest absolute Gasteiger partial charge is 0.137 e. The molecule has 0 aliphatic carbocycles. The van der Waals surface area contributed by atoms with Crippen LogP contribution in [-0.2, 0) is 6.42 Å². The Kier molecular flexibility index (Phi) is 6.20. The molecule has 0 bridgehead atoms. The summed E-state index contributed by atoms with van der Waals surface area (Å²) in [5.74, 6) is 1.05. The van der Waals surface area contributed by atoms with Gasteiger partial charge in [0, 0.05) is 53.9 Å². The zero-order chi connectivity index (χ0) is 26.9. The summed E-state index contributed by atoms with van der Waals surface area (Å²) in [6.45, 7) is 6.30. The maximum Gasteiger partial charge on any atom is 0.137 e. The lowest BCUT2D eigenvalue weighted by Crippen LogP contribution is -2.30. The highest BCUT2D eigenvalue weighted by Crippen LogP contribution is 2.34. The van der Waals surface area contributed by atoms with Crippen molar-refractivity contribution in [3.05, 3.63) is 97.2 Å². The predicted molar refractivity (Wildman–Crippen MR) is 161 cm³/mol. The van der Waals surface area contributed by atoms with E-state index in [0.29, 0.717) is 0 Å². The first-order valence-corrected chi connectivity index (χ1v) is 13.7. The van der Waals surface area contributed by atoms with Crippen molar-refractivity contribution in [3.63, 3.8) is 0 Å². The largest absolute Gasteiger partial charge is 0.358 e. The van der Waals surface area contributed by atoms with Crippen LogP contribution in [0.15, 0.2) is 91.7 Å². The van der Waals surface area contributed by atoms with Gasteiger partial charge in [-0.3, -0.25) is 15.1 Å². The normalized spacial score (nSPS) is 13.7. The number of fused-ring (bicyclic) bond motifs is 2. The molecule has 1 aliphatic heterocycles. The van der Waals surface area contributed by atoms with Crippen molar-refractivity contribution in [1.29, 1.82) is 0 Å². The maximum absolute atomic E-state index is 4.74. The van der Waals surface area contributed by atoms with Crippen LogP contribution in [-0.4, -0.2) is 43.2 Å². The highest BCUT2D eigenvalue weighted by atomic mass is 15.2. The van der Waals surface area contributed by atoms with E-state index in [4.69, 9.17) is 9.97 Å². The third-order valence-corrected chi connectivity index (χ3v) is 7.50. The maximum atomic E-state index is 4.74. The van der Waals surface area contributed by atoms with Crippen molar-refractivity contribution >= 4 is 33.3 Å². The molecule has 8 heteroatoms. The highest BCUT2D eigenvalue weighted by Gasteiger charge is 2.19. The van der Waals surface area contributed by atoms with Crippen molar-refractivity contribution in [2.24, 2.45) is 0 Å². The fraction of sp³-hybridized carbons (Fsp3) is 0.188. The molecular weight excluding hydrogens is 496 g/mol. The highest BCUT2D eigenvalue weighted by molar-refractivity contribution is 5.99. The first-order valence-electron chi connectivity index (χ1n) is 13.7. The van der Waals surface area contributed by atoms with Crippen LogP contribution < -0.4 is 10.2 Å². The first kappa shape index (κ1) is 24.1. The summed E-state index contributed by atoms with van der Waals surface area (Å²) in [5, 5.41) is 13.3. The number of rotatable bonds is 7. The molecule has 40 heavy (non-hydrogen) atoms. The Balaban J connectivity index is 1.19. The number of hydrogen-bond acceptors (Lipinski definition) is 6. The molecule has 5 aromatic heterocycles. The Morgan fingerprint density at radius 1 is 0.900 bits per heavy atom. The van der Waals surface area contributed by atoms with Gasteiger partial charge in [0.05, 0.1) is 40.5 Å². The number of aromatic nitrogens is 6. The summed E-state index contributed by atoms with van der Waals surface area (Å²) in [6.07, 6.45) is 11.8. The average Bonchev–Trinajstić information content (AvgIpc) is 3.62. The Morgan fingerprint density at radius 2 is 1.77 bits per heavy atom. The van der Waals surface area contributed by atoms with Crippen LogP contribution in [0, 0.1) is 0 Å². The van der Waals surface area contributed by atoms with E-state index in [1.54, 1.807) is 6.20 Å². The van der Waals surface area contributed by atoms with Crippen LogP contribution in [0.25, 0.3) is 44.5 Å². The molecule has 8 nitrogen and oxygen atoms in total. The minimum atomic E-state index is 0.743. The minimum absolute atomic E-state index is 0.743. The first-order chi connectivity index (χ1) is 19.7. The number of anilines is 2. The molecule has 1 aliphatic rings. The van der Waals surface area contributed by atoms with E-state index in [1.807, 2.05) is 42.9 Å². The Bertz CT molecular complexity index is 1810. The summed E-state index contributed by atoms with van der Waals surface area (Å²) in [4.78, 5) is 19.9. The van der Waals surface area contributed by atoms with E-state index < -0.39 is 0 Å². The van der Waals surface area contributed by atoms with Crippen LogP contribution in [0.5, 0.6) is 0 Å². The minimum Gasteiger partial charge on any atom is -0.358 e. The van der Waals surface area contributed by atoms with Crippen molar-refractivity contribution in [2.75, 3.05) is 23.3 Å². The van der Waals surface area contributed by atoms with Gasteiger partial charge in [0.25, 0.3) is 0 Å². The van der Waals surface area contributed by atoms with Crippen LogP contribution >= 0.6 is 0 Å². The van der Waals surface area contributed by atoms with Crippen molar-refractivity contribution < 1.29 is 0 Å². The van der Waals surface area contributed by atoms with Gasteiger partial charge in [-0.2, -0.15) is 5.10 Å². The lowest BCUT2D eigenvalue weighted by atomic mass is 10.1. The molecule has 1 fully saturated rings. The molecule has 3 N–H and O–H groups in total. The van der Waals surface area contributed by atoms with Gasteiger partial charge in [0.2, 0.25) is 0 Å². The second-order valence-corrected chi connectivity index (χ2v) is 10.4.